The number of fused-ring (bicyclic) bond motifs is 1. The van der Waals surface area contributed by atoms with Crippen LogP contribution in [0.15, 0.2) is 46.2 Å². The van der Waals surface area contributed by atoms with Crippen molar-refractivity contribution in [3.05, 3.63) is 36.6 Å². The molecule has 1 spiro atoms. The standard InChI is InChI=1S/C22H24N4O4S/c1-2-26-20(17-7-6-12-28-17)24-25-21(26)31-14-19(27)23-15-8-9-16-18(13-15)30-22(29-16)10-4-3-5-11-22/h6-9,12-13H,2-5,10-11,14H2,1H3,(H,23,27). The summed E-state index contributed by atoms with van der Waals surface area (Å²) in [6.45, 7) is 2.68. The van der Waals surface area contributed by atoms with Crippen molar-refractivity contribution in [2.75, 3.05) is 11.1 Å². The molecule has 9 heteroatoms. The minimum absolute atomic E-state index is 0.124. The molecule has 2 aromatic heterocycles. The number of ether oxygens (including phenoxy) is 2. The van der Waals surface area contributed by atoms with Crippen molar-refractivity contribution in [2.24, 2.45) is 0 Å². The lowest BCUT2D eigenvalue weighted by Crippen LogP contribution is -2.40. The second-order valence-electron chi connectivity index (χ2n) is 7.70. The molecule has 0 bridgehead atoms. The van der Waals surface area contributed by atoms with E-state index in [1.807, 2.05) is 41.8 Å². The van der Waals surface area contributed by atoms with Gasteiger partial charge in [-0.05, 0) is 44.0 Å². The van der Waals surface area contributed by atoms with E-state index in [0.29, 0.717) is 34.7 Å². The molecule has 1 N–H and O–H groups in total. The minimum atomic E-state index is -0.519. The number of nitrogens with zero attached hydrogens (tertiary/aromatic N) is 3. The number of carbonyl (C=O) groups excluding carboxylic acids is 1. The average molecular weight is 441 g/mol. The Kier molecular flexibility index (Phi) is 5.35. The first-order valence-electron chi connectivity index (χ1n) is 10.6. The predicted octanol–water partition coefficient (Wildman–Crippen LogP) is 4.72. The number of benzene rings is 1. The van der Waals surface area contributed by atoms with Crippen LogP contribution in [-0.4, -0.2) is 32.2 Å². The van der Waals surface area contributed by atoms with E-state index in [1.165, 1.54) is 18.2 Å². The molecule has 0 atom stereocenters. The summed E-state index contributed by atoms with van der Waals surface area (Å²) in [5.74, 6) is 2.33. The van der Waals surface area contributed by atoms with Crippen LogP contribution in [0.1, 0.15) is 39.0 Å². The fourth-order valence-electron chi connectivity index (χ4n) is 4.06. The summed E-state index contributed by atoms with van der Waals surface area (Å²) in [6, 6.07) is 9.20. The molecule has 1 aliphatic carbocycles. The molecule has 5 rings (SSSR count). The maximum absolute atomic E-state index is 12.5. The highest BCUT2D eigenvalue weighted by molar-refractivity contribution is 7.99. The van der Waals surface area contributed by atoms with Crippen molar-refractivity contribution in [3.63, 3.8) is 0 Å². The quantitative estimate of drug-likeness (QED) is 0.555. The topological polar surface area (TPSA) is 91.4 Å². The lowest BCUT2D eigenvalue weighted by Gasteiger charge is -2.31. The molecule has 1 fully saturated rings. The van der Waals surface area contributed by atoms with E-state index in [-0.39, 0.29) is 11.7 Å². The number of rotatable bonds is 6. The van der Waals surface area contributed by atoms with Crippen LogP contribution in [0.2, 0.25) is 0 Å². The first-order valence-corrected chi connectivity index (χ1v) is 11.6. The molecule has 1 amide bonds. The third-order valence-corrected chi connectivity index (χ3v) is 6.51. The number of aromatic nitrogens is 3. The Labute approximate surface area is 184 Å². The van der Waals surface area contributed by atoms with Crippen LogP contribution >= 0.6 is 11.8 Å². The third-order valence-electron chi connectivity index (χ3n) is 5.54. The summed E-state index contributed by atoms with van der Waals surface area (Å²) in [5, 5.41) is 12.0. The largest absolute Gasteiger partial charge is 0.461 e. The smallest absolute Gasteiger partial charge is 0.251 e. The van der Waals surface area contributed by atoms with Gasteiger partial charge in [-0.1, -0.05) is 18.2 Å². The van der Waals surface area contributed by atoms with Gasteiger partial charge in [0.1, 0.15) is 0 Å². The number of hydrogen-bond acceptors (Lipinski definition) is 7. The molecule has 31 heavy (non-hydrogen) atoms. The number of furan rings is 1. The molecule has 3 heterocycles. The zero-order valence-electron chi connectivity index (χ0n) is 17.3. The highest BCUT2D eigenvalue weighted by Crippen LogP contribution is 2.46. The SMILES string of the molecule is CCn1c(SCC(=O)Nc2ccc3c(c2)OC2(CCCCC2)O3)nnc1-c1ccco1. The van der Waals surface area contributed by atoms with Crippen molar-refractivity contribution in [2.45, 2.75) is 56.5 Å². The van der Waals surface area contributed by atoms with E-state index in [0.717, 1.165) is 31.4 Å². The van der Waals surface area contributed by atoms with E-state index in [2.05, 4.69) is 15.5 Å². The Morgan fingerprint density at radius 1 is 1.16 bits per heavy atom. The van der Waals surface area contributed by atoms with Gasteiger partial charge in [0.05, 0.1) is 12.0 Å². The highest BCUT2D eigenvalue weighted by atomic mass is 32.2. The summed E-state index contributed by atoms with van der Waals surface area (Å²) in [7, 11) is 0. The van der Waals surface area contributed by atoms with Crippen LogP contribution in [0, 0.1) is 0 Å². The zero-order valence-corrected chi connectivity index (χ0v) is 18.1. The normalized spacial score (nSPS) is 16.5. The van der Waals surface area contributed by atoms with E-state index in [1.54, 1.807) is 6.26 Å². The molecule has 162 valence electrons. The number of anilines is 1. The van der Waals surface area contributed by atoms with Gasteiger partial charge >= 0.3 is 0 Å². The molecule has 1 saturated carbocycles. The van der Waals surface area contributed by atoms with Crippen molar-refractivity contribution in [1.82, 2.24) is 14.8 Å². The summed E-state index contributed by atoms with van der Waals surface area (Å²) >= 11 is 1.34. The van der Waals surface area contributed by atoms with Gasteiger partial charge in [-0.3, -0.25) is 9.36 Å². The summed E-state index contributed by atoms with van der Waals surface area (Å²) in [6.07, 6.45) is 6.85. The molecule has 1 aromatic carbocycles. The van der Waals surface area contributed by atoms with E-state index >= 15 is 0 Å². The van der Waals surface area contributed by atoms with Crippen molar-refractivity contribution in [1.29, 1.82) is 0 Å². The molecule has 0 unspecified atom stereocenters. The number of carbonyl (C=O) groups is 1. The third kappa shape index (κ3) is 4.01. The Balaban J connectivity index is 1.21. The van der Waals surface area contributed by atoms with Crippen molar-refractivity contribution < 1.29 is 18.7 Å². The molecule has 1 aliphatic heterocycles. The maximum atomic E-state index is 12.5. The van der Waals surface area contributed by atoms with Gasteiger partial charge in [-0.15, -0.1) is 10.2 Å². The van der Waals surface area contributed by atoms with Crippen LogP contribution in [0.4, 0.5) is 5.69 Å². The van der Waals surface area contributed by atoms with E-state index in [9.17, 15) is 4.79 Å². The van der Waals surface area contributed by atoms with Gasteiger partial charge < -0.3 is 19.2 Å². The molecule has 0 saturated heterocycles. The Morgan fingerprint density at radius 2 is 2.00 bits per heavy atom. The van der Waals surface area contributed by atoms with Crippen LogP contribution in [0.5, 0.6) is 11.5 Å². The van der Waals surface area contributed by atoms with E-state index in [4.69, 9.17) is 13.9 Å². The zero-order chi connectivity index (χ0) is 21.3. The number of amides is 1. The lowest BCUT2D eigenvalue weighted by atomic mass is 9.94. The second-order valence-corrected chi connectivity index (χ2v) is 8.64. The Morgan fingerprint density at radius 3 is 2.77 bits per heavy atom. The van der Waals surface area contributed by atoms with Crippen LogP contribution in [0.25, 0.3) is 11.6 Å². The lowest BCUT2D eigenvalue weighted by molar-refractivity contribution is -0.113. The summed E-state index contributed by atoms with van der Waals surface area (Å²) in [4.78, 5) is 12.5. The van der Waals surface area contributed by atoms with Gasteiger partial charge in [0, 0.05) is 31.1 Å². The van der Waals surface area contributed by atoms with Crippen molar-refractivity contribution >= 4 is 23.4 Å². The van der Waals surface area contributed by atoms with Crippen LogP contribution < -0.4 is 14.8 Å². The van der Waals surface area contributed by atoms with Gasteiger partial charge in [0.2, 0.25) is 5.91 Å². The van der Waals surface area contributed by atoms with Crippen LogP contribution in [0.3, 0.4) is 0 Å². The number of thioether (sulfide) groups is 1. The van der Waals surface area contributed by atoms with E-state index < -0.39 is 5.79 Å². The molecule has 3 aromatic rings. The average Bonchev–Trinajstić information content (AvgIpc) is 3.50. The second kappa shape index (κ2) is 8.30. The minimum Gasteiger partial charge on any atom is -0.461 e. The maximum Gasteiger partial charge on any atom is 0.251 e. The highest BCUT2D eigenvalue weighted by Gasteiger charge is 2.42. The molecule has 2 aliphatic rings. The molecule has 0 radical (unpaired) electrons. The van der Waals surface area contributed by atoms with Gasteiger partial charge in [-0.25, -0.2) is 0 Å². The van der Waals surface area contributed by atoms with Crippen LogP contribution in [-0.2, 0) is 11.3 Å². The summed E-state index contributed by atoms with van der Waals surface area (Å²) in [5.41, 5.74) is 0.689. The van der Waals surface area contributed by atoms with Gasteiger partial charge in [0.25, 0.3) is 5.79 Å². The predicted molar refractivity (Wildman–Crippen MR) is 116 cm³/mol. The van der Waals surface area contributed by atoms with Gasteiger partial charge in [-0.2, -0.15) is 0 Å². The van der Waals surface area contributed by atoms with Gasteiger partial charge in [0.15, 0.2) is 28.2 Å². The Hall–Kier alpha value is -2.94. The fraction of sp³-hybridized carbons (Fsp3) is 0.409. The molecule has 8 nitrogen and oxygen atoms in total. The first-order chi connectivity index (χ1) is 15.2. The Bertz CT molecular complexity index is 1070. The first kappa shape index (κ1) is 20.0. The summed E-state index contributed by atoms with van der Waals surface area (Å²) < 4.78 is 19.6. The molecular formula is C22H24N4O4S. The van der Waals surface area contributed by atoms with Crippen molar-refractivity contribution in [3.8, 4) is 23.1 Å². The number of hydrogen-bond donors (Lipinski definition) is 1. The monoisotopic (exact) mass is 440 g/mol. The number of nitrogens with one attached hydrogen (secondary N) is 1. The fourth-order valence-corrected chi connectivity index (χ4v) is 4.86. The molecular weight excluding hydrogens is 416 g/mol.